The predicted molar refractivity (Wildman–Crippen MR) is 112 cm³/mol. The number of nitrogens with zero attached hydrogens (tertiary/aromatic N) is 2. The molecule has 6 nitrogen and oxygen atoms in total. The number of carbonyl (C=O) groups excluding carboxylic acids is 1. The summed E-state index contributed by atoms with van der Waals surface area (Å²) in [5.74, 6) is 0.953. The first-order chi connectivity index (χ1) is 13.2. The van der Waals surface area contributed by atoms with Gasteiger partial charge in [-0.25, -0.2) is 0 Å². The van der Waals surface area contributed by atoms with Crippen LogP contribution in [0.25, 0.3) is 0 Å². The summed E-state index contributed by atoms with van der Waals surface area (Å²) in [6.45, 7) is 11.1. The van der Waals surface area contributed by atoms with Gasteiger partial charge in [-0.15, -0.1) is 0 Å². The Kier molecular flexibility index (Phi) is 12.8. The van der Waals surface area contributed by atoms with Crippen LogP contribution in [0, 0.1) is 0 Å². The molecule has 27 heavy (non-hydrogen) atoms. The Morgan fingerprint density at radius 2 is 1.81 bits per heavy atom. The van der Waals surface area contributed by atoms with Gasteiger partial charge in [0.25, 0.3) is 0 Å². The first-order valence-electron chi connectivity index (χ1n) is 10.1. The molecule has 0 aromatic heterocycles. The number of hydrogen-bond acceptors (Lipinski definition) is 3. The molecule has 0 heterocycles. The SMILES string of the molecule is CCNC(=NCCCCOCc1ccccc1)NCCC(=O)N(CC)CC. The van der Waals surface area contributed by atoms with Crippen LogP contribution in [-0.4, -0.2) is 56.1 Å². The second kappa shape index (κ2) is 15.0. The summed E-state index contributed by atoms with van der Waals surface area (Å²) in [4.78, 5) is 18.4. The topological polar surface area (TPSA) is 66.0 Å². The van der Waals surface area contributed by atoms with E-state index in [1.807, 2.05) is 43.9 Å². The van der Waals surface area contributed by atoms with Gasteiger partial charge in [0.2, 0.25) is 5.91 Å². The van der Waals surface area contributed by atoms with E-state index in [0.29, 0.717) is 19.6 Å². The predicted octanol–water partition coefficient (Wildman–Crippen LogP) is 2.80. The maximum atomic E-state index is 12.0. The standard InChI is InChI=1S/C21H36N4O2/c1-4-22-21(24-16-14-20(26)25(5-2)6-3)23-15-10-11-17-27-18-19-12-8-7-9-13-19/h7-9,12-13H,4-6,10-11,14-18H2,1-3H3,(H2,22,23,24). The maximum Gasteiger partial charge on any atom is 0.224 e. The molecule has 0 saturated carbocycles. The van der Waals surface area contributed by atoms with Gasteiger partial charge in [0.15, 0.2) is 5.96 Å². The van der Waals surface area contributed by atoms with Gasteiger partial charge in [0, 0.05) is 45.8 Å². The zero-order valence-electron chi connectivity index (χ0n) is 17.2. The third-order valence-corrected chi connectivity index (χ3v) is 4.17. The second-order valence-corrected chi connectivity index (χ2v) is 6.25. The van der Waals surface area contributed by atoms with Crippen LogP contribution in [-0.2, 0) is 16.1 Å². The van der Waals surface area contributed by atoms with E-state index in [1.165, 1.54) is 5.56 Å². The summed E-state index contributed by atoms with van der Waals surface area (Å²) in [5, 5.41) is 6.46. The minimum atomic E-state index is 0.180. The maximum absolute atomic E-state index is 12.0. The highest BCUT2D eigenvalue weighted by Crippen LogP contribution is 2.01. The van der Waals surface area contributed by atoms with Crippen molar-refractivity contribution in [3.05, 3.63) is 35.9 Å². The molecule has 1 amide bonds. The van der Waals surface area contributed by atoms with Crippen molar-refractivity contribution < 1.29 is 9.53 Å². The molecule has 2 N–H and O–H groups in total. The molecule has 0 atom stereocenters. The molecule has 1 aromatic carbocycles. The molecule has 0 radical (unpaired) electrons. The number of guanidine groups is 1. The van der Waals surface area contributed by atoms with Gasteiger partial charge in [0.1, 0.15) is 0 Å². The molecule has 0 fully saturated rings. The summed E-state index contributed by atoms with van der Waals surface area (Å²) in [6, 6.07) is 10.2. The monoisotopic (exact) mass is 376 g/mol. The van der Waals surface area contributed by atoms with E-state index >= 15 is 0 Å². The van der Waals surface area contributed by atoms with E-state index in [2.05, 4.69) is 27.8 Å². The number of aliphatic imine (C=N–C) groups is 1. The highest BCUT2D eigenvalue weighted by molar-refractivity contribution is 5.81. The Balaban J connectivity index is 2.18. The molecule has 0 aliphatic carbocycles. The van der Waals surface area contributed by atoms with E-state index < -0.39 is 0 Å². The fourth-order valence-corrected chi connectivity index (χ4v) is 2.64. The second-order valence-electron chi connectivity index (χ2n) is 6.25. The van der Waals surface area contributed by atoms with Crippen LogP contribution in [0.1, 0.15) is 45.6 Å². The van der Waals surface area contributed by atoms with Crippen LogP contribution in [0.2, 0.25) is 0 Å². The van der Waals surface area contributed by atoms with Crippen LogP contribution in [0.15, 0.2) is 35.3 Å². The quantitative estimate of drug-likeness (QED) is 0.316. The molecule has 0 spiro atoms. The first-order valence-corrected chi connectivity index (χ1v) is 10.1. The average molecular weight is 377 g/mol. The normalized spacial score (nSPS) is 11.3. The van der Waals surface area contributed by atoms with Crippen LogP contribution in [0.5, 0.6) is 0 Å². The van der Waals surface area contributed by atoms with Gasteiger partial charge in [-0.05, 0) is 39.2 Å². The lowest BCUT2D eigenvalue weighted by Gasteiger charge is -2.19. The number of nitrogens with one attached hydrogen (secondary N) is 2. The molecule has 152 valence electrons. The van der Waals surface area contributed by atoms with Gasteiger partial charge in [-0.1, -0.05) is 30.3 Å². The smallest absolute Gasteiger partial charge is 0.224 e. The Labute approximate surface area is 164 Å². The van der Waals surface area contributed by atoms with Gasteiger partial charge in [-0.3, -0.25) is 9.79 Å². The van der Waals surface area contributed by atoms with E-state index in [9.17, 15) is 4.79 Å². The minimum absolute atomic E-state index is 0.180. The van der Waals surface area contributed by atoms with Gasteiger partial charge in [0.05, 0.1) is 6.61 Å². The molecule has 1 aromatic rings. The van der Waals surface area contributed by atoms with Gasteiger partial charge >= 0.3 is 0 Å². The van der Waals surface area contributed by atoms with Gasteiger partial charge < -0.3 is 20.3 Å². The molecule has 0 aliphatic heterocycles. The fraction of sp³-hybridized carbons (Fsp3) is 0.619. The lowest BCUT2D eigenvalue weighted by molar-refractivity contribution is -0.130. The third-order valence-electron chi connectivity index (χ3n) is 4.17. The van der Waals surface area contributed by atoms with E-state index in [1.54, 1.807) is 0 Å². The summed E-state index contributed by atoms with van der Waals surface area (Å²) >= 11 is 0. The van der Waals surface area contributed by atoms with Crippen molar-refractivity contribution in [3.8, 4) is 0 Å². The number of rotatable bonds is 13. The van der Waals surface area contributed by atoms with Crippen molar-refractivity contribution in [1.29, 1.82) is 0 Å². The van der Waals surface area contributed by atoms with Crippen LogP contribution < -0.4 is 10.6 Å². The highest BCUT2D eigenvalue weighted by atomic mass is 16.5. The Bertz CT molecular complexity index is 530. The molecular weight excluding hydrogens is 340 g/mol. The first kappa shape index (κ1) is 23.0. The summed E-state index contributed by atoms with van der Waals surface area (Å²) in [7, 11) is 0. The molecular formula is C21H36N4O2. The summed E-state index contributed by atoms with van der Waals surface area (Å²) in [6.07, 6.45) is 2.44. The fourth-order valence-electron chi connectivity index (χ4n) is 2.64. The van der Waals surface area contributed by atoms with Crippen molar-refractivity contribution in [1.82, 2.24) is 15.5 Å². The number of hydrogen-bond donors (Lipinski definition) is 2. The van der Waals surface area contributed by atoms with Crippen molar-refractivity contribution in [2.24, 2.45) is 4.99 Å². The largest absolute Gasteiger partial charge is 0.377 e. The molecule has 1 rings (SSSR count). The van der Waals surface area contributed by atoms with Crippen molar-refractivity contribution in [2.45, 2.75) is 46.6 Å². The number of amides is 1. The van der Waals surface area contributed by atoms with E-state index in [4.69, 9.17) is 4.74 Å². The highest BCUT2D eigenvalue weighted by Gasteiger charge is 2.08. The number of carbonyl (C=O) groups is 1. The van der Waals surface area contributed by atoms with Crippen LogP contribution >= 0.6 is 0 Å². The number of ether oxygens (including phenoxy) is 1. The lowest BCUT2D eigenvalue weighted by atomic mass is 10.2. The Hall–Kier alpha value is -2.08. The molecule has 6 heteroatoms. The summed E-state index contributed by atoms with van der Waals surface area (Å²) in [5.41, 5.74) is 1.20. The van der Waals surface area contributed by atoms with Crippen molar-refractivity contribution in [2.75, 3.05) is 39.3 Å². The average Bonchev–Trinajstić information content (AvgIpc) is 2.69. The van der Waals surface area contributed by atoms with Crippen molar-refractivity contribution >= 4 is 11.9 Å². The van der Waals surface area contributed by atoms with E-state index in [-0.39, 0.29) is 5.91 Å². The lowest BCUT2D eigenvalue weighted by Crippen LogP contribution is -2.40. The molecule has 0 saturated heterocycles. The van der Waals surface area contributed by atoms with Gasteiger partial charge in [-0.2, -0.15) is 0 Å². The van der Waals surface area contributed by atoms with E-state index in [0.717, 1.165) is 51.6 Å². The molecule has 0 unspecified atom stereocenters. The van der Waals surface area contributed by atoms with Crippen LogP contribution in [0.3, 0.4) is 0 Å². The number of benzene rings is 1. The Morgan fingerprint density at radius 1 is 1.07 bits per heavy atom. The number of unbranched alkanes of at least 4 members (excludes halogenated alkanes) is 1. The van der Waals surface area contributed by atoms with Crippen LogP contribution in [0.4, 0.5) is 0 Å². The third kappa shape index (κ3) is 10.6. The van der Waals surface area contributed by atoms with Crippen molar-refractivity contribution in [3.63, 3.8) is 0 Å². The minimum Gasteiger partial charge on any atom is -0.377 e. The zero-order chi connectivity index (χ0) is 19.7. The molecule has 0 bridgehead atoms. The zero-order valence-corrected chi connectivity index (χ0v) is 17.2. The Morgan fingerprint density at radius 3 is 2.48 bits per heavy atom. The summed E-state index contributed by atoms with van der Waals surface area (Å²) < 4.78 is 5.69. The molecule has 0 aliphatic rings.